The first-order valence-corrected chi connectivity index (χ1v) is 10.9. The van der Waals surface area contributed by atoms with E-state index in [2.05, 4.69) is 16.9 Å². The molecule has 0 aliphatic rings. The predicted octanol–water partition coefficient (Wildman–Crippen LogP) is 3.09. The van der Waals surface area contributed by atoms with E-state index in [4.69, 9.17) is 0 Å². The minimum absolute atomic E-state index is 0.0139. The minimum atomic E-state index is -0.414. The molecule has 0 fully saturated rings. The zero-order chi connectivity index (χ0) is 20.8. The minimum Gasteiger partial charge on any atom is -0.299 e. The molecule has 0 N–H and O–H groups in total. The number of hydrogen-bond donors (Lipinski definition) is 0. The monoisotopic (exact) mass is 406 g/mol. The second-order valence-corrected chi connectivity index (χ2v) is 8.45. The van der Waals surface area contributed by atoms with Crippen LogP contribution in [0.25, 0.3) is 11.0 Å². The van der Waals surface area contributed by atoms with Crippen LogP contribution in [0.1, 0.15) is 65.6 Å². The van der Waals surface area contributed by atoms with Crippen molar-refractivity contribution in [2.24, 2.45) is 7.05 Å². The predicted molar refractivity (Wildman–Crippen MR) is 113 cm³/mol. The number of hydrogen-bond acceptors (Lipinski definition) is 6. The molecule has 28 heavy (non-hydrogen) atoms. The van der Waals surface area contributed by atoms with Gasteiger partial charge in [0.05, 0.1) is 5.25 Å². The van der Waals surface area contributed by atoms with Crippen LogP contribution in [0.3, 0.4) is 0 Å². The van der Waals surface area contributed by atoms with Gasteiger partial charge in [-0.2, -0.15) is 0 Å². The summed E-state index contributed by atoms with van der Waals surface area (Å²) < 4.78 is 2.65. The summed E-state index contributed by atoms with van der Waals surface area (Å²) in [5, 5.41) is 0.483. The number of fused-ring (bicyclic) bond motifs is 1. The van der Waals surface area contributed by atoms with Gasteiger partial charge in [-0.1, -0.05) is 44.9 Å². The van der Waals surface area contributed by atoms with Gasteiger partial charge in [-0.15, -0.1) is 0 Å². The summed E-state index contributed by atoms with van der Waals surface area (Å²) in [5.41, 5.74) is -0.401. The van der Waals surface area contributed by atoms with Gasteiger partial charge in [0.15, 0.2) is 5.65 Å². The quantitative estimate of drug-likeness (QED) is 0.342. The normalized spacial score (nSPS) is 12.5. The van der Waals surface area contributed by atoms with E-state index >= 15 is 0 Å². The van der Waals surface area contributed by atoms with Gasteiger partial charge in [0, 0.05) is 20.0 Å². The second-order valence-electron chi connectivity index (χ2n) is 7.12. The molecule has 0 aromatic carbocycles. The molecule has 0 aliphatic heterocycles. The molecule has 0 radical (unpaired) electrons. The molecule has 2 aromatic rings. The Morgan fingerprint density at radius 3 is 2.43 bits per heavy atom. The number of aryl methyl sites for hydroxylation is 2. The van der Waals surface area contributed by atoms with Gasteiger partial charge in [0.2, 0.25) is 0 Å². The van der Waals surface area contributed by atoms with E-state index in [9.17, 15) is 14.4 Å². The molecule has 8 heteroatoms. The molecule has 0 saturated heterocycles. The van der Waals surface area contributed by atoms with E-state index in [1.165, 1.54) is 25.7 Å². The molecule has 154 valence electrons. The van der Waals surface area contributed by atoms with E-state index in [0.29, 0.717) is 34.8 Å². The Bertz CT molecular complexity index is 965. The van der Waals surface area contributed by atoms with Gasteiger partial charge in [0.25, 0.3) is 5.56 Å². The summed E-state index contributed by atoms with van der Waals surface area (Å²) in [6.45, 7) is 7.93. The van der Waals surface area contributed by atoms with E-state index in [1.54, 1.807) is 11.5 Å². The third-order valence-electron chi connectivity index (χ3n) is 4.76. The molecule has 0 aliphatic carbocycles. The SMILES string of the molecule is CCCCCCc1nc(SC(C)C(C)=O)c2c(=O)n(C)c(=O)n(CCC)c2n1. The average molecular weight is 407 g/mol. The maximum Gasteiger partial charge on any atom is 0.332 e. The van der Waals surface area contributed by atoms with Crippen LogP contribution in [0, 0.1) is 0 Å². The van der Waals surface area contributed by atoms with Crippen LogP contribution in [0.2, 0.25) is 0 Å². The zero-order valence-electron chi connectivity index (χ0n) is 17.4. The number of thioether (sulfide) groups is 1. The number of rotatable bonds is 10. The Labute approximate surface area is 169 Å². The van der Waals surface area contributed by atoms with Crippen molar-refractivity contribution < 1.29 is 4.79 Å². The van der Waals surface area contributed by atoms with Crippen LogP contribution < -0.4 is 11.2 Å². The summed E-state index contributed by atoms with van der Waals surface area (Å²) in [6, 6.07) is 0. The first kappa shape index (κ1) is 22.3. The Kier molecular flexibility index (Phi) is 7.98. The molecule has 0 bridgehead atoms. The summed E-state index contributed by atoms with van der Waals surface area (Å²) >= 11 is 1.27. The number of unbranched alkanes of at least 4 members (excludes halogenated alkanes) is 3. The van der Waals surface area contributed by atoms with Crippen molar-refractivity contribution in [3.8, 4) is 0 Å². The highest BCUT2D eigenvalue weighted by Crippen LogP contribution is 2.27. The van der Waals surface area contributed by atoms with Gasteiger partial charge in [-0.3, -0.25) is 18.7 Å². The van der Waals surface area contributed by atoms with Gasteiger partial charge in [-0.05, 0) is 26.7 Å². The van der Waals surface area contributed by atoms with Crippen LogP contribution in [-0.4, -0.2) is 30.1 Å². The second kappa shape index (κ2) is 10.0. The summed E-state index contributed by atoms with van der Waals surface area (Å²) in [6.07, 6.45) is 5.76. The molecular formula is C20H30N4O3S. The van der Waals surface area contributed by atoms with Crippen molar-refractivity contribution in [2.45, 2.75) is 83.0 Å². The van der Waals surface area contributed by atoms with Crippen molar-refractivity contribution in [2.75, 3.05) is 0 Å². The number of nitrogens with zero attached hydrogens (tertiary/aromatic N) is 4. The lowest BCUT2D eigenvalue weighted by Crippen LogP contribution is -2.39. The maximum atomic E-state index is 12.9. The molecule has 2 aromatic heterocycles. The Morgan fingerprint density at radius 2 is 1.82 bits per heavy atom. The van der Waals surface area contributed by atoms with E-state index in [-0.39, 0.29) is 16.7 Å². The Hall–Kier alpha value is -1.96. The van der Waals surface area contributed by atoms with Crippen molar-refractivity contribution in [1.29, 1.82) is 0 Å². The summed E-state index contributed by atoms with van der Waals surface area (Å²) in [7, 11) is 1.47. The standard InChI is InChI=1S/C20H30N4O3S/c1-6-8-9-10-11-15-21-17-16(18(22-15)28-14(4)13(3)25)19(26)23(5)20(27)24(17)12-7-2/h14H,6-12H2,1-5H3. The molecule has 1 unspecified atom stereocenters. The highest BCUT2D eigenvalue weighted by atomic mass is 32.2. The van der Waals surface area contributed by atoms with Gasteiger partial charge in [0.1, 0.15) is 22.0 Å². The average Bonchev–Trinajstić information content (AvgIpc) is 2.66. The van der Waals surface area contributed by atoms with E-state index in [1.807, 2.05) is 6.92 Å². The number of aromatic nitrogens is 4. The number of ketones is 1. The van der Waals surface area contributed by atoms with Crippen LogP contribution in [0.15, 0.2) is 14.6 Å². The van der Waals surface area contributed by atoms with Gasteiger partial charge in [-0.25, -0.2) is 14.8 Å². The van der Waals surface area contributed by atoms with Crippen LogP contribution in [-0.2, 0) is 24.8 Å². The molecule has 1 atom stereocenters. The smallest absolute Gasteiger partial charge is 0.299 e. The third kappa shape index (κ3) is 4.90. The maximum absolute atomic E-state index is 12.9. The van der Waals surface area contributed by atoms with Crippen LogP contribution in [0.4, 0.5) is 0 Å². The fraction of sp³-hybridized carbons (Fsp3) is 0.650. The van der Waals surface area contributed by atoms with Crippen molar-refractivity contribution in [3.63, 3.8) is 0 Å². The Morgan fingerprint density at radius 1 is 1.11 bits per heavy atom. The molecule has 7 nitrogen and oxygen atoms in total. The number of Topliss-reactive ketones (excluding diaryl/α,β-unsaturated/α-hetero) is 1. The highest BCUT2D eigenvalue weighted by molar-refractivity contribution is 8.00. The lowest BCUT2D eigenvalue weighted by atomic mass is 10.1. The van der Waals surface area contributed by atoms with Gasteiger partial charge < -0.3 is 0 Å². The topological polar surface area (TPSA) is 86.9 Å². The largest absolute Gasteiger partial charge is 0.332 e. The zero-order valence-corrected chi connectivity index (χ0v) is 18.3. The lowest BCUT2D eigenvalue weighted by Gasteiger charge is -2.15. The summed E-state index contributed by atoms with van der Waals surface area (Å²) in [5.74, 6) is 0.638. The van der Waals surface area contributed by atoms with Crippen molar-refractivity contribution in [3.05, 3.63) is 26.7 Å². The first-order valence-electron chi connectivity index (χ1n) is 9.99. The fourth-order valence-electron chi connectivity index (χ4n) is 2.96. The van der Waals surface area contributed by atoms with E-state index < -0.39 is 5.56 Å². The first-order chi connectivity index (χ1) is 13.3. The number of carbonyl (C=O) groups is 1. The van der Waals surface area contributed by atoms with Gasteiger partial charge >= 0.3 is 5.69 Å². The lowest BCUT2D eigenvalue weighted by molar-refractivity contribution is -0.116. The van der Waals surface area contributed by atoms with Crippen LogP contribution in [0.5, 0.6) is 0 Å². The fourth-order valence-corrected chi connectivity index (χ4v) is 3.92. The highest BCUT2D eigenvalue weighted by Gasteiger charge is 2.21. The summed E-state index contributed by atoms with van der Waals surface area (Å²) in [4.78, 5) is 46.5. The Balaban J connectivity index is 2.69. The van der Waals surface area contributed by atoms with Crippen molar-refractivity contribution in [1.82, 2.24) is 19.1 Å². The molecule has 2 rings (SSSR count). The number of carbonyl (C=O) groups excluding carboxylic acids is 1. The van der Waals surface area contributed by atoms with Crippen LogP contribution >= 0.6 is 11.8 Å². The molecule has 2 heterocycles. The molecule has 0 spiro atoms. The molecule has 0 amide bonds. The third-order valence-corrected chi connectivity index (χ3v) is 5.96. The van der Waals surface area contributed by atoms with Crippen molar-refractivity contribution >= 4 is 28.6 Å². The molecule has 0 saturated carbocycles. The molecular weight excluding hydrogens is 376 g/mol. The van der Waals surface area contributed by atoms with E-state index in [0.717, 1.165) is 36.7 Å².